The predicted molar refractivity (Wildman–Crippen MR) is 129 cm³/mol. The highest BCUT2D eigenvalue weighted by atomic mass is 16.3. The standard InChI is InChI=1S/C28H27N3O3/c32-25(21-9-3-1-4-10-21)15-16-26(33)31-27(22-11-5-2-6-12-22)28(34,23-13-7-17-29-19-23)24-14-8-18-30-20-24/h1-14,17-20,25,27,32,34H,15-16H2,(H,31,33). The van der Waals surface area contributed by atoms with Gasteiger partial charge in [-0.15, -0.1) is 0 Å². The van der Waals surface area contributed by atoms with Gasteiger partial charge < -0.3 is 15.5 Å². The zero-order valence-corrected chi connectivity index (χ0v) is 18.7. The number of nitrogens with one attached hydrogen (secondary N) is 1. The first-order valence-corrected chi connectivity index (χ1v) is 11.2. The molecule has 0 saturated heterocycles. The lowest BCUT2D eigenvalue weighted by molar-refractivity contribution is -0.124. The highest BCUT2D eigenvalue weighted by molar-refractivity contribution is 5.77. The van der Waals surface area contributed by atoms with E-state index in [9.17, 15) is 15.0 Å². The fourth-order valence-electron chi connectivity index (χ4n) is 4.09. The van der Waals surface area contributed by atoms with Crippen molar-refractivity contribution in [3.63, 3.8) is 0 Å². The third-order valence-corrected chi connectivity index (χ3v) is 5.89. The molecule has 1 amide bonds. The van der Waals surface area contributed by atoms with Crippen LogP contribution in [0.3, 0.4) is 0 Å². The van der Waals surface area contributed by atoms with Gasteiger partial charge in [-0.1, -0.05) is 72.8 Å². The van der Waals surface area contributed by atoms with Crippen molar-refractivity contribution >= 4 is 5.91 Å². The monoisotopic (exact) mass is 453 g/mol. The molecule has 6 nitrogen and oxygen atoms in total. The van der Waals surface area contributed by atoms with E-state index >= 15 is 0 Å². The molecule has 6 heteroatoms. The lowest BCUT2D eigenvalue weighted by Gasteiger charge is -2.37. The zero-order chi connectivity index (χ0) is 23.8. The second kappa shape index (κ2) is 10.8. The molecule has 0 aliphatic rings. The first-order chi connectivity index (χ1) is 16.6. The largest absolute Gasteiger partial charge is 0.388 e. The van der Waals surface area contributed by atoms with Gasteiger partial charge in [0.15, 0.2) is 0 Å². The van der Waals surface area contributed by atoms with Gasteiger partial charge in [0.05, 0.1) is 12.1 Å². The van der Waals surface area contributed by atoms with E-state index in [0.29, 0.717) is 11.1 Å². The van der Waals surface area contributed by atoms with Crippen molar-refractivity contribution in [2.45, 2.75) is 30.6 Å². The summed E-state index contributed by atoms with van der Waals surface area (Å²) >= 11 is 0. The molecule has 172 valence electrons. The van der Waals surface area contributed by atoms with E-state index < -0.39 is 17.7 Å². The lowest BCUT2D eigenvalue weighted by Crippen LogP contribution is -2.45. The van der Waals surface area contributed by atoms with Crippen LogP contribution in [-0.2, 0) is 10.4 Å². The Bertz CT molecular complexity index is 1130. The van der Waals surface area contributed by atoms with Crippen LogP contribution in [0.25, 0.3) is 0 Å². The van der Waals surface area contributed by atoms with Crippen LogP contribution in [0.1, 0.15) is 47.2 Å². The van der Waals surface area contributed by atoms with Gasteiger partial charge in [0, 0.05) is 42.3 Å². The first-order valence-electron chi connectivity index (χ1n) is 11.2. The summed E-state index contributed by atoms with van der Waals surface area (Å²) in [6.07, 6.45) is 6.05. The summed E-state index contributed by atoms with van der Waals surface area (Å²) in [7, 11) is 0. The van der Waals surface area contributed by atoms with Crippen LogP contribution in [0.2, 0.25) is 0 Å². The Balaban J connectivity index is 1.65. The van der Waals surface area contributed by atoms with E-state index in [1.54, 1.807) is 49.1 Å². The molecule has 0 aliphatic carbocycles. The molecule has 34 heavy (non-hydrogen) atoms. The SMILES string of the molecule is O=C(CCC(O)c1ccccc1)NC(c1ccccc1)C(O)(c1cccnc1)c1cccnc1. The minimum absolute atomic E-state index is 0.0928. The Morgan fingerprint density at radius 2 is 1.32 bits per heavy atom. The van der Waals surface area contributed by atoms with Crippen molar-refractivity contribution in [1.29, 1.82) is 0 Å². The van der Waals surface area contributed by atoms with Crippen LogP contribution >= 0.6 is 0 Å². The van der Waals surface area contributed by atoms with E-state index in [-0.39, 0.29) is 18.7 Å². The maximum absolute atomic E-state index is 13.1. The Morgan fingerprint density at radius 1 is 0.794 bits per heavy atom. The number of carbonyl (C=O) groups excluding carboxylic acids is 1. The number of aliphatic hydroxyl groups excluding tert-OH is 1. The third kappa shape index (κ3) is 5.20. The number of benzene rings is 2. The zero-order valence-electron chi connectivity index (χ0n) is 18.7. The third-order valence-electron chi connectivity index (χ3n) is 5.89. The number of hydrogen-bond acceptors (Lipinski definition) is 5. The first kappa shape index (κ1) is 23.3. The molecule has 0 saturated carbocycles. The highest BCUT2D eigenvalue weighted by Gasteiger charge is 2.42. The molecule has 2 aromatic carbocycles. The Morgan fingerprint density at radius 3 is 1.82 bits per heavy atom. The molecule has 2 heterocycles. The maximum atomic E-state index is 13.1. The van der Waals surface area contributed by atoms with Crippen molar-refractivity contribution in [1.82, 2.24) is 15.3 Å². The molecule has 0 bridgehead atoms. The molecule has 4 rings (SSSR count). The van der Waals surface area contributed by atoms with Gasteiger partial charge in [-0.05, 0) is 29.7 Å². The molecule has 0 aliphatic heterocycles. The van der Waals surface area contributed by atoms with Crippen molar-refractivity contribution in [3.8, 4) is 0 Å². The summed E-state index contributed by atoms with van der Waals surface area (Å²) in [5, 5.41) is 25.7. The van der Waals surface area contributed by atoms with Gasteiger partial charge in [-0.25, -0.2) is 0 Å². The summed E-state index contributed by atoms with van der Waals surface area (Å²) < 4.78 is 0. The quantitative estimate of drug-likeness (QED) is 0.355. The van der Waals surface area contributed by atoms with Crippen molar-refractivity contribution < 1.29 is 15.0 Å². The number of aliphatic hydroxyl groups is 2. The number of amides is 1. The Labute approximate surface area is 199 Å². The van der Waals surface area contributed by atoms with E-state index in [1.165, 1.54) is 0 Å². The molecule has 2 unspecified atom stereocenters. The van der Waals surface area contributed by atoms with Crippen molar-refractivity contribution in [3.05, 3.63) is 132 Å². The normalized spacial score (nSPS) is 13.1. The highest BCUT2D eigenvalue weighted by Crippen LogP contribution is 2.40. The summed E-state index contributed by atoms with van der Waals surface area (Å²) in [5.74, 6) is -0.282. The lowest BCUT2D eigenvalue weighted by atomic mass is 9.78. The molecule has 4 aromatic rings. The van der Waals surface area contributed by atoms with Gasteiger partial charge in [0.25, 0.3) is 0 Å². The van der Waals surface area contributed by atoms with Crippen LogP contribution in [0, 0.1) is 0 Å². The number of hydrogen-bond donors (Lipinski definition) is 3. The summed E-state index contributed by atoms with van der Waals surface area (Å²) in [6, 6.07) is 24.8. The van der Waals surface area contributed by atoms with Gasteiger partial charge in [-0.2, -0.15) is 0 Å². The van der Waals surface area contributed by atoms with Crippen LogP contribution < -0.4 is 5.32 Å². The summed E-state index contributed by atoms with van der Waals surface area (Å²) in [6.45, 7) is 0. The van der Waals surface area contributed by atoms with Crippen LogP contribution in [0.15, 0.2) is 110 Å². The Kier molecular flexibility index (Phi) is 7.42. The molecule has 2 aromatic heterocycles. The van der Waals surface area contributed by atoms with Gasteiger partial charge in [0.1, 0.15) is 5.60 Å². The smallest absolute Gasteiger partial charge is 0.220 e. The van der Waals surface area contributed by atoms with Crippen molar-refractivity contribution in [2.75, 3.05) is 0 Å². The average Bonchev–Trinajstić information content (AvgIpc) is 2.92. The summed E-state index contributed by atoms with van der Waals surface area (Å²) in [4.78, 5) is 21.5. The second-order valence-corrected chi connectivity index (χ2v) is 8.13. The fourth-order valence-corrected chi connectivity index (χ4v) is 4.09. The molecule has 0 spiro atoms. The molecular weight excluding hydrogens is 426 g/mol. The predicted octanol–water partition coefficient (Wildman–Crippen LogP) is 4.08. The van der Waals surface area contributed by atoms with Crippen LogP contribution in [0.5, 0.6) is 0 Å². The minimum atomic E-state index is -1.63. The summed E-state index contributed by atoms with van der Waals surface area (Å²) in [5.41, 5.74) is 0.923. The fraction of sp³-hybridized carbons (Fsp3) is 0.179. The second-order valence-electron chi connectivity index (χ2n) is 8.13. The molecule has 2 atom stereocenters. The van der Waals surface area contributed by atoms with Crippen molar-refractivity contribution in [2.24, 2.45) is 0 Å². The number of carbonyl (C=O) groups is 1. The number of aromatic nitrogens is 2. The van der Waals surface area contributed by atoms with Crippen LogP contribution in [0.4, 0.5) is 0 Å². The topological polar surface area (TPSA) is 95.3 Å². The maximum Gasteiger partial charge on any atom is 0.220 e. The average molecular weight is 454 g/mol. The molecular formula is C28H27N3O3. The van der Waals surface area contributed by atoms with E-state index in [2.05, 4.69) is 15.3 Å². The minimum Gasteiger partial charge on any atom is -0.388 e. The number of pyridine rings is 2. The van der Waals surface area contributed by atoms with E-state index in [1.807, 2.05) is 60.7 Å². The van der Waals surface area contributed by atoms with Crippen LogP contribution in [-0.4, -0.2) is 26.1 Å². The number of rotatable bonds is 9. The van der Waals surface area contributed by atoms with Gasteiger partial charge in [0.2, 0.25) is 5.91 Å². The van der Waals surface area contributed by atoms with Gasteiger partial charge in [-0.3, -0.25) is 14.8 Å². The molecule has 0 radical (unpaired) electrons. The number of nitrogens with zero attached hydrogens (tertiary/aromatic N) is 2. The Hall–Kier alpha value is -3.87. The van der Waals surface area contributed by atoms with E-state index in [0.717, 1.165) is 11.1 Å². The van der Waals surface area contributed by atoms with E-state index in [4.69, 9.17) is 0 Å². The molecule has 3 N–H and O–H groups in total. The molecule has 0 fully saturated rings. The van der Waals surface area contributed by atoms with Gasteiger partial charge >= 0.3 is 0 Å².